The number of hydrogen-bond donors (Lipinski definition) is 6. The summed E-state index contributed by atoms with van der Waals surface area (Å²) >= 11 is 0. The van der Waals surface area contributed by atoms with Crippen LogP contribution in [-0.4, -0.2) is 57.8 Å². The van der Waals surface area contributed by atoms with Crippen LogP contribution in [0.25, 0.3) is 22.0 Å². The monoisotopic (exact) mass is 615 g/mol. The number of carbonyl (C=O) groups excluding carboxylic acids is 1. The molecule has 0 bridgehead atoms. The van der Waals surface area contributed by atoms with Gasteiger partial charge in [-0.25, -0.2) is 18.2 Å². The third-order valence-electron chi connectivity index (χ3n) is 7.31. The molecule has 0 fully saturated rings. The van der Waals surface area contributed by atoms with E-state index in [0.29, 0.717) is 35.6 Å². The number of carboxylic acids is 1. The normalized spacial score (nSPS) is 13.0. The van der Waals surface area contributed by atoms with Crippen LogP contribution in [0.5, 0.6) is 0 Å². The first-order valence-corrected chi connectivity index (χ1v) is 15.5. The zero-order valence-corrected chi connectivity index (χ0v) is 25.0. The van der Waals surface area contributed by atoms with Crippen molar-refractivity contribution in [2.24, 2.45) is 0 Å². The fraction of sp³-hybridized carbons (Fsp3) is 0.226. The molecule has 228 valence electrons. The maximum atomic E-state index is 14.0. The van der Waals surface area contributed by atoms with E-state index in [1.165, 1.54) is 12.1 Å². The molecule has 2 heterocycles. The molecule has 0 saturated carbocycles. The summed E-state index contributed by atoms with van der Waals surface area (Å²) in [6, 6.07) is 17.7. The molecule has 1 unspecified atom stereocenters. The number of imidazole rings is 1. The van der Waals surface area contributed by atoms with Crippen LogP contribution in [0.3, 0.4) is 0 Å². The van der Waals surface area contributed by atoms with Crippen molar-refractivity contribution in [3.63, 3.8) is 0 Å². The largest absolute Gasteiger partial charge is 0.478 e. The highest BCUT2D eigenvalue weighted by Gasteiger charge is 2.44. The number of aromatic amines is 2. The van der Waals surface area contributed by atoms with Crippen LogP contribution in [0.4, 0.5) is 5.95 Å². The van der Waals surface area contributed by atoms with Gasteiger partial charge in [0.15, 0.2) is 5.95 Å². The van der Waals surface area contributed by atoms with Crippen LogP contribution in [0.2, 0.25) is 0 Å². The second-order valence-corrected chi connectivity index (χ2v) is 12.2. The molecule has 0 aliphatic heterocycles. The van der Waals surface area contributed by atoms with E-state index in [9.17, 15) is 23.1 Å². The second kappa shape index (κ2) is 12.7. The Kier molecular flexibility index (Phi) is 8.78. The number of rotatable bonds is 13. The summed E-state index contributed by atoms with van der Waals surface area (Å²) in [5, 5.41) is 23.6. The number of nitrogens with one attached hydrogen (secondary N) is 5. The zero-order valence-electron chi connectivity index (χ0n) is 24.2. The molecular formula is C31H33N7O5S. The summed E-state index contributed by atoms with van der Waals surface area (Å²) in [5.74, 6) is -1.73. The first-order chi connectivity index (χ1) is 21.1. The molecule has 5 aromatic rings. The first kappa shape index (κ1) is 30.4. The van der Waals surface area contributed by atoms with Crippen molar-refractivity contribution >= 4 is 38.8 Å². The van der Waals surface area contributed by atoms with Crippen LogP contribution >= 0.6 is 0 Å². The van der Waals surface area contributed by atoms with E-state index in [4.69, 9.17) is 0 Å². The van der Waals surface area contributed by atoms with E-state index in [-0.39, 0.29) is 23.3 Å². The molecule has 12 nitrogen and oxygen atoms in total. The number of fused-ring (bicyclic) bond motifs is 1. The lowest BCUT2D eigenvalue weighted by atomic mass is 10.0. The summed E-state index contributed by atoms with van der Waals surface area (Å²) in [6.45, 7) is 3.77. The van der Waals surface area contributed by atoms with Gasteiger partial charge in [0.1, 0.15) is 0 Å². The molecule has 13 heteroatoms. The molecule has 0 saturated heterocycles. The Morgan fingerprint density at radius 3 is 2.41 bits per heavy atom. The van der Waals surface area contributed by atoms with E-state index < -0.39 is 27.6 Å². The number of unbranched alkanes of at least 4 members (excludes halogenated alkanes) is 1. The first-order valence-electron chi connectivity index (χ1n) is 14.0. The SMILES string of the molecule is Cc1cc(-c2ccccc2)cc(C)c1S(=O)(=O)NC(CCCCNc1ncc[nH]1)(NC(=O)c1ccc2cn[nH]c2c1)C(=O)O. The van der Waals surface area contributed by atoms with Crippen LogP contribution in [-0.2, 0) is 14.8 Å². The average Bonchev–Trinajstić information content (AvgIpc) is 3.68. The topological polar surface area (TPSA) is 182 Å². The second-order valence-electron chi connectivity index (χ2n) is 10.6. The summed E-state index contributed by atoms with van der Waals surface area (Å²) in [6.07, 6.45) is 5.36. The summed E-state index contributed by atoms with van der Waals surface area (Å²) in [7, 11) is -4.45. The van der Waals surface area contributed by atoms with Gasteiger partial charge in [-0.15, -0.1) is 0 Å². The highest BCUT2D eigenvalue weighted by molar-refractivity contribution is 7.89. The number of anilines is 1. The Hall–Kier alpha value is -5.01. The lowest BCUT2D eigenvalue weighted by Crippen LogP contribution is -2.65. The van der Waals surface area contributed by atoms with E-state index in [2.05, 4.69) is 35.5 Å². The van der Waals surface area contributed by atoms with Crippen molar-refractivity contribution < 1.29 is 23.1 Å². The van der Waals surface area contributed by atoms with Gasteiger partial charge in [0, 0.05) is 29.9 Å². The number of aromatic nitrogens is 4. The van der Waals surface area contributed by atoms with Gasteiger partial charge >= 0.3 is 5.97 Å². The van der Waals surface area contributed by atoms with Crippen molar-refractivity contribution in [3.05, 3.63) is 95.9 Å². The van der Waals surface area contributed by atoms with Gasteiger partial charge in [0.25, 0.3) is 5.91 Å². The maximum Gasteiger partial charge on any atom is 0.345 e. The molecule has 0 spiro atoms. The van der Waals surface area contributed by atoms with E-state index in [0.717, 1.165) is 16.5 Å². The number of aryl methyl sites for hydroxylation is 2. The van der Waals surface area contributed by atoms with Gasteiger partial charge in [-0.3, -0.25) is 9.89 Å². The Labute approximate surface area is 254 Å². The fourth-order valence-electron chi connectivity index (χ4n) is 5.22. The number of benzene rings is 3. The Bertz CT molecular complexity index is 1870. The summed E-state index contributed by atoms with van der Waals surface area (Å²) in [4.78, 5) is 33.4. The van der Waals surface area contributed by atoms with E-state index in [1.807, 2.05) is 30.3 Å². The lowest BCUT2D eigenvalue weighted by molar-refractivity contribution is -0.145. The smallest absolute Gasteiger partial charge is 0.345 e. The molecule has 0 aliphatic carbocycles. The van der Waals surface area contributed by atoms with Gasteiger partial charge in [0.2, 0.25) is 15.7 Å². The Morgan fingerprint density at radius 2 is 1.73 bits per heavy atom. The Morgan fingerprint density at radius 1 is 0.977 bits per heavy atom. The molecule has 1 amide bonds. The standard InChI is InChI=1S/C31H33N7O5S/c1-20-16-25(22-8-4-3-5-9-22)17-21(2)27(20)44(42,43)38-31(29(40)41,12-6-7-13-32-30-33-14-15-34-30)36-28(39)23-10-11-24-19-35-37-26(24)18-23/h3-5,8-11,14-19,38H,6-7,12-13H2,1-2H3,(H,35,37)(H,36,39)(H,40,41)(H2,32,33,34). The molecule has 2 aromatic heterocycles. The van der Waals surface area contributed by atoms with Gasteiger partial charge in [-0.1, -0.05) is 48.5 Å². The van der Waals surface area contributed by atoms with Gasteiger partial charge in [-0.05, 0) is 67.5 Å². The van der Waals surface area contributed by atoms with E-state index >= 15 is 0 Å². The third-order valence-corrected chi connectivity index (χ3v) is 9.11. The molecule has 44 heavy (non-hydrogen) atoms. The predicted octanol–water partition coefficient (Wildman–Crippen LogP) is 4.34. The number of nitrogens with zero attached hydrogens (tertiary/aromatic N) is 2. The maximum absolute atomic E-state index is 14.0. The van der Waals surface area contributed by atoms with Crippen molar-refractivity contribution in [1.29, 1.82) is 0 Å². The van der Waals surface area contributed by atoms with Crippen molar-refractivity contribution in [3.8, 4) is 11.1 Å². The molecular weight excluding hydrogens is 582 g/mol. The van der Waals surface area contributed by atoms with Crippen molar-refractivity contribution in [2.75, 3.05) is 11.9 Å². The number of carbonyl (C=O) groups is 2. The number of amides is 1. The average molecular weight is 616 g/mol. The zero-order chi connectivity index (χ0) is 31.3. The fourth-order valence-corrected chi connectivity index (χ4v) is 6.99. The number of hydrogen-bond acceptors (Lipinski definition) is 7. The van der Waals surface area contributed by atoms with Gasteiger partial charge in [0.05, 0.1) is 16.6 Å². The summed E-state index contributed by atoms with van der Waals surface area (Å²) in [5.41, 5.74) is 0.999. The predicted molar refractivity (Wildman–Crippen MR) is 167 cm³/mol. The molecule has 3 aromatic carbocycles. The highest BCUT2D eigenvalue weighted by atomic mass is 32.2. The number of carboxylic acid groups (broad SMARTS) is 1. The number of H-pyrrole nitrogens is 2. The van der Waals surface area contributed by atoms with Crippen LogP contribution in [0.15, 0.2) is 84.1 Å². The highest BCUT2D eigenvalue weighted by Crippen LogP contribution is 2.29. The minimum Gasteiger partial charge on any atom is -0.478 e. The molecule has 6 N–H and O–H groups in total. The summed E-state index contributed by atoms with van der Waals surface area (Å²) < 4.78 is 30.3. The quantitative estimate of drug-likeness (QED) is 0.0835. The number of aliphatic carboxylic acids is 1. The van der Waals surface area contributed by atoms with Crippen molar-refractivity contribution in [1.82, 2.24) is 30.2 Å². The lowest BCUT2D eigenvalue weighted by Gasteiger charge is -2.32. The van der Waals surface area contributed by atoms with Crippen LogP contribution in [0, 0.1) is 13.8 Å². The van der Waals surface area contributed by atoms with Gasteiger partial charge < -0.3 is 20.7 Å². The van der Waals surface area contributed by atoms with Crippen LogP contribution in [0.1, 0.15) is 40.7 Å². The molecule has 0 radical (unpaired) electrons. The van der Waals surface area contributed by atoms with Gasteiger partial charge in [-0.2, -0.15) is 9.82 Å². The third kappa shape index (κ3) is 6.63. The van der Waals surface area contributed by atoms with Crippen LogP contribution < -0.4 is 15.4 Å². The molecule has 0 aliphatic rings. The molecule has 1 atom stereocenters. The Balaban J connectivity index is 1.45. The minimum absolute atomic E-state index is 0.0459. The van der Waals surface area contributed by atoms with E-state index in [1.54, 1.807) is 50.6 Å². The number of sulfonamides is 1. The minimum atomic E-state index is -4.45. The van der Waals surface area contributed by atoms with Crippen molar-refractivity contribution in [2.45, 2.75) is 43.7 Å². The molecule has 5 rings (SSSR count).